The summed E-state index contributed by atoms with van der Waals surface area (Å²) in [4.78, 5) is 8.07. The third-order valence-corrected chi connectivity index (χ3v) is 2.36. The van der Waals surface area contributed by atoms with E-state index >= 15 is 0 Å². The van der Waals surface area contributed by atoms with Crippen LogP contribution in [-0.4, -0.2) is 24.1 Å². The summed E-state index contributed by atoms with van der Waals surface area (Å²) in [6.45, 7) is 0. The van der Waals surface area contributed by atoms with Crippen molar-refractivity contribution in [2.75, 3.05) is 19.5 Å². The van der Waals surface area contributed by atoms with Gasteiger partial charge in [0.15, 0.2) is 0 Å². The van der Waals surface area contributed by atoms with Gasteiger partial charge in [-0.3, -0.25) is 0 Å². The minimum absolute atomic E-state index is 0.356. The van der Waals surface area contributed by atoms with Crippen LogP contribution < -0.4 is 10.1 Å². The van der Waals surface area contributed by atoms with Gasteiger partial charge in [0.2, 0.25) is 5.95 Å². The summed E-state index contributed by atoms with van der Waals surface area (Å²) in [7, 11) is 3.22. The molecule has 17 heavy (non-hydrogen) atoms. The number of ether oxygens (including phenoxy) is 1. The first-order valence-electron chi connectivity index (χ1n) is 5.08. The summed E-state index contributed by atoms with van der Waals surface area (Å²) in [5.41, 5.74) is 1.08. The number of nitrogens with zero attached hydrogens (tertiary/aromatic N) is 2. The number of hydrogen-bond acceptors (Lipinski definition) is 4. The molecule has 1 aromatic heterocycles. The van der Waals surface area contributed by atoms with E-state index in [2.05, 4.69) is 15.3 Å². The largest absolute Gasteiger partial charge is 0.497 e. The second-order valence-corrected chi connectivity index (χ2v) is 3.39. The molecule has 1 N–H and O–H groups in total. The normalized spacial score (nSPS) is 10.1. The number of hydrogen-bond donors (Lipinski definition) is 1. The van der Waals surface area contributed by atoms with Crippen LogP contribution in [0.4, 0.5) is 10.3 Å². The number of anilines is 1. The summed E-state index contributed by atoms with van der Waals surface area (Å²) < 4.78 is 18.7. The van der Waals surface area contributed by atoms with E-state index in [1.165, 1.54) is 13.2 Å². The van der Waals surface area contributed by atoms with Gasteiger partial charge in [-0.2, -0.15) is 0 Å². The fourth-order valence-electron chi connectivity index (χ4n) is 1.45. The molecule has 2 aromatic rings. The number of nitrogens with one attached hydrogen (secondary N) is 1. The Hall–Kier alpha value is -2.17. The first-order chi connectivity index (χ1) is 8.24. The quantitative estimate of drug-likeness (QED) is 0.883. The topological polar surface area (TPSA) is 47.0 Å². The van der Waals surface area contributed by atoms with Crippen LogP contribution >= 0.6 is 0 Å². The number of halogens is 1. The maximum absolute atomic E-state index is 13.8. The van der Waals surface area contributed by atoms with Crippen molar-refractivity contribution in [2.24, 2.45) is 0 Å². The third-order valence-electron chi connectivity index (χ3n) is 2.36. The van der Waals surface area contributed by atoms with Crippen molar-refractivity contribution in [3.63, 3.8) is 0 Å². The van der Waals surface area contributed by atoms with Crippen molar-refractivity contribution in [3.05, 3.63) is 36.4 Å². The predicted molar refractivity (Wildman–Crippen MR) is 63.5 cm³/mol. The number of methoxy groups -OCH3 is 1. The van der Waals surface area contributed by atoms with Gasteiger partial charge in [0.1, 0.15) is 11.6 Å². The summed E-state index contributed by atoms with van der Waals surface area (Å²) in [5, 5.41) is 2.80. The van der Waals surface area contributed by atoms with Gasteiger partial charge in [-0.1, -0.05) is 0 Å². The lowest BCUT2D eigenvalue weighted by atomic mass is 10.1. The van der Waals surface area contributed by atoms with E-state index < -0.39 is 0 Å². The molecule has 0 atom stereocenters. The van der Waals surface area contributed by atoms with E-state index in [9.17, 15) is 4.39 Å². The van der Waals surface area contributed by atoms with Gasteiger partial charge in [0.05, 0.1) is 7.11 Å². The first kappa shape index (κ1) is 11.3. The molecular weight excluding hydrogens is 221 g/mol. The molecule has 0 aliphatic carbocycles. The third kappa shape index (κ3) is 2.33. The average Bonchev–Trinajstić information content (AvgIpc) is 2.39. The highest BCUT2D eigenvalue weighted by atomic mass is 19.1. The van der Waals surface area contributed by atoms with Gasteiger partial charge in [-0.05, 0) is 12.1 Å². The Labute approximate surface area is 98.5 Å². The van der Waals surface area contributed by atoms with Gasteiger partial charge in [-0.25, -0.2) is 14.4 Å². The molecule has 2 rings (SSSR count). The maximum Gasteiger partial charge on any atom is 0.222 e. The van der Waals surface area contributed by atoms with Crippen LogP contribution in [0.3, 0.4) is 0 Å². The molecule has 1 heterocycles. The highest BCUT2D eigenvalue weighted by Crippen LogP contribution is 2.25. The number of rotatable bonds is 3. The molecule has 0 aliphatic heterocycles. The van der Waals surface area contributed by atoms with Gasteiger partial charge < -0.3 is 10.1 Å². The minimum Gasteiger partial charge on any atom is -0.497 e. The van der Waals surface area contributed by atoms with Crippen LogP contribution in [0.25, 0.3) is 11.1 Å². The fourth-order valence-corrected chi connectivity index (χ4v) is 1.45. The summed E-state index contributed by atoms with van der Waals surface area (Å²) >= 11 is 0. The van der Waals surface area contributed by atoms with Crippen LogP contribution in [0.15, 0.2) is 30.6 Å². The zero-order chi connectivity index (χ0) is 12.3. The van der Waals surface area contributed by atoms with Gasteiger partial charge in [0.25, 0.3) is 0 Å². The summed E-state index contributed by atoms with van der Waals surface area (Å²) in [6, 6.07) is 4.68. The molecule has 0 radical (unpaired) electrons. The maximum atomic E-state index is 13.8. The van der Waals surface area contributed by atoms with E-state index in [0.717, 1.165) is 0 Å². The van der Waals surface area contributed by atoms with E-state index in [0.29, 0.717) is 22.8 Å². The van der Waals surface area contributed by atoms with E-state index in [4.69, 9.17) is 4.74 Å². The van der Waals surface area contributed by atoms with Crippen LogP contribution in [0.1, 0.15) is 0 Å². The summed E-state index contributed by atoms with van der Waals surface area (Å²) in [5.74, 6) is 0.631. The molecule has 0 fully saturated rings. The molecule has 0 unspecified atom stereocenters. The second-order valence-electron chi connectivity index (χ2n) is 3.39. The monoisotopic (exact) mass is 233 g/mol. The molecule has 0 aliphatic rings. The van der Waals surface area contributed by atoms with Crippen molar-refractivity contribution >= 4 is 5.95 Å². The average molecular weight is 233 g/mol. The Balaban J connectivity index is 2.38. The van der Waals surface area contributed by atoms with Crippen LogP contribution in [0.2, 0.25) is 0 Å². The van der Waals surface area contributed by atoms with Crippen molar-refractivity contribution in [2.45, 2.75) is 0 Å². The van der Waals surface area contributed by atoms with E-state index in [-0.39, 0.29) is 5.82 Å². The van der Waals surface area contributed by atoms with Crippen LogP contribution in [-0.2, 0) is 0 Å². The first-order valence-corrected chi connectivity index (χ1v) is 5.08. The summed E-state index contributed by atoms with van der Waals surface area (Å²) in [6.07, 6.45) is 3.15. The van der Waals surface area contributed by atoms with Crippen LogP contribution in [0.5, 0.6) is 5.75 Å². The van der Waals surface area contributed by atoms with Gasteiger partial charge >= 0.3 is 0 Å². The molecule has 0 spiro atoms. The van der Waals surface area contributed by atoms with Crippen molar-refractivity contribution in [1.82, 2.24) is 9.97 Å². The Kier molecular flexibility index (Phi) is 3.18. The minimum atomic E-state index is -0.356. The lowest BCUT2D eigenvalue weighted by Gasteiger charge is -2.05. The molecule has 5 heteroatoms. The van der Waals surface area contributed by atoms with Crippen molar-refractivity contribution in [3.8, 4) is 16.9 Å². The molecule has 1 aromatic carbocycles. The number of benzene rings is 1. The zero-order valence-electron chi connectivity index (χ0n) is 9.57. The molecule has 0 saturated heterocycles. The van der Waals surface area contributed by atoms with Gasteiger partial charge in [-0.15, -0.1) is 0 Å². The second kappa shape index (κ2) is 4.78. The highest BCUT2D eigenvalue weighted by molar-refractivity contribution is 5.63. The Morgan fingerprint density at radius 1 is 1.24 bits per heavy atom. The zero-order valence-corrected chi connectivity index (χ0v) is 9.57. The van der Waals surface area contributed by atoms with Crippen molar-refractivity contribution in [1.29, 1.82) is 0 Å². The lowest BCUT2D eigenvalue weighted by Crippen LogP contribution is -1.96. The van der Waals surface area contributed by atoms with E-state index in [1.807, 2.05) is 0 Å². The molecule has 88 valence electrons. The smallest absolute Gasteiger partial charge is 0.222 e. The SMILES string of the molecule is CNc1ncc(-c2ccc(OC)cc2F)cn1. The van der Waals surface area contributed by atoms with E-state index in [1.54, 1.807) is 31.6 Å². The molecule has 0 saturated carbocycles. The van der Waals surface area contributed by atoms with Gasteiger partial charge in [0, 0.05) is 36.6 Å². The fraction of sp³-hybridized carbons (Fsp3) is 0.167. The van der Waals surface area contributed by atoms with Crippen LogP contribution in [0, 0.1) is 5.82 Å². The molecule has 4 nitrogen and oxygen atoms in total. The molecule has 0 amide bonds. The predicted octanol–water partition coefficient (Wildman–Crippen LogP) is 2.33. The highest BCUT2D eigenvalue weighted by Gasteiger charge is 2.07. The Bertz CT molecular complexity index is 514. The lowest BCUT2D eigenvalue weighted by molar-refractivity contribution is 0.411. The standard InChI is InChI=1S/C12H12FN3O/c1-14-12-15-6-8(7-16-12)10-4-3-9(17-2)5-11(10)13/h3-7H,1-2H3,(H,14,15,16). The van der Waals surface area contributed by atoms with Crippen molar-refractivity contribution < 1.29 is 9.13 Å². The number of aromatic nitrogens is 2. The molecule has 0 bridgehead atoms. The Morgan fingerprint density at radius 3 is 2.47 bits per heavy atom. The Morgan fingerprint density at radius 2 is 1.94 bits per heavy atom. The molecular formula is C12H12FN3O.